The number of hydrogen-bond acceptors (Lipinski definition) is 5. The van der Waals surface area contributed by atoms with Crippen molar-refractivity contribution in [3.05, 3.63) is 125 Å². The lowest BCUT2D eigenvalue weighted by atomic mass is 10.0. The van der Waals surface area contributed by atoms with Gasteiger partial charge in [-0.05, 0) is 66.9 Å². The van der Waals surface area contributed by atoms with Crippen molar-refractivity contribution >= 4 is 39.1 Å². The maximum atomic E-state index is 14.5. The smallest absolute Gasteiger partial charge is 0.264 e. The van der Waals surface area contributed by atoms with Gasteiger partial charge in [-0.1, -0.05) is 85.3 Å². The molecule has 0 heterocycles. The minimum Gasteiger partial charge on any atom is -0.497 e. The van der Waals surface area contributed by atoms with Gasteiger partial charge in [0.1, 0.15) is 18.3 Å². The SMILES string of the molecule is CCC(C)NC(=O)C(Cc1ccccc1)N(Cc1cccc(OC)c1)C(=O)CN(c1cccc(Cl)c1)S(=O)(=O)c1ccccc1. The second kappa shape index (κ2) is 15.6. The van der Waals surface area contributed by atoms with Crippen LogP contribution in [0.3, 0.4) is 0 Å². The maximum Gasteiger partial charge on any atom is 0.264 e. The molecule has 4 rings (SSSR count). The van der Waals surface area contributed by atoms with Crippen LogP contribution in [0.25, 0.3) is 0 Å². The molecule has 45 heavy (non-hydrogen) atoms. The molecule has 4 aromatic rings. The fourth-order valence-electron chi connectivity index (χ4n) is 4.84. The number of rotatable bonds is 14. The number of ether oxygens (including phenoxy) is 1. The molecule has 0 aliphatic rings. The molecule has 0 fully saturated rings. The fraction of sp³-hybridized carbons (Fsp3) is 0.257. The van der Waals surface area contributed by atoms with Crippen LogP contribution in [0, 0.1) is 0 Å². The molecular formula is C35H38ClN3O5S. The third-order valence-electron chi connectivity index (χ3n) is 7.47. The Morgan fingerprint density at radius 1 is 0.867 bits per heavy atom. The van der Waals surface area contributed by atoms with Crippen LogP contribution in [0.5, 0.6) is 5.75 Å². The van der Waals surface area contributed by atoms with E-state index in [-0.39, 0.29) is 35.5 Å². The number of benzene rings is 4. The predicted octanol–water partition coefficient (Wildman–Crippen LogP) is 6.10. The molecule has 0 spiro atoms. The molecule has 2 unspecified atom stereocenters. The number of carbonyl (C=O) groups excluding carboxylic acids is 2. The quantitative estimate of drug-likeness (QED) is 0.179. The zero-order valence-electron chi connectivity index (χ0n) is 25.6. The first-order chi connectivity index (χ1) is 21.6. The highest BCUT2D eigenvalue weighted by Crippen LogP contribution is 2.27. The summed E-state index contributed by atoms with van der Waals surface area (Å²) in [5, 5.41) is 3.35. The molecule has 0 saturated heterocycles. The molecular weight excluding hydrogens is 610 g/mol. The van der Waals surface area contributed by atoms with Gasteiger partial charge in [0.25, 0.3) is 10.0 Å². The zero-order valence-corrected chi connectivity index (χ0v) is 27.2. The molecule has 0 saturated carbocycles. The number of methoxy groups -OCH3 is 1. The highest BCUT2D eigenvalue weighted by Gasteiger charge is 2.35. The van der Waals surface area contributed by atoms with E-state index in [0.717, 1.165) is 15.4 Å². The average molecular weight is 648 g/mol. The Hall–Kier alpha value is -4.34. The lowest BCUT2D eigenvalue weighted by Crippen LogP contribution is -2.54. The molecule has 0 radical (unpaired) electrons. The minimum atomic E-state index is -4.20. The van der Waals surface area contributed by atoms with Crippen molar-refractivity contribution in [3.63, 3.8) is 0 Å². The number of anilines is 1. The molecule has 2 amide bonds. The Balaban J connectivity index is 1.81. The molecule has 4 aromatic carbocycles. The highest BCUT2D eigenvalue weighted by molar-refractivity contribution is 7.92. The molecule has 8 nitrogen and oxygen atoms in total. The first kappa shape index (κ1) is 33.6. The van der Waals surface area contributed by atoms with E-state index < -0.39 is 28.5 Å². The lowest BCUT2D eigenvalue weighted by Gasteiger charge is -2.34. The monoisotopic (exact) mass is 647 g/mol. The van der Waals surface area contributed by atoms with Crippen LogP contribution in [0.4, 0.5) is 5.69 Å². The van der Waals surface area contributed by atoms with E-state index in [4.69, 9.17) is 16.3 Å². The summed E-state index contributed by atoms with van der Waals surface area (Å²) in [7, 11) is -2.65. The summed E-state index contributed by atoms with van der Waals surface area (Å²) in [4.78, 5) is 29.9. The second-order valence-electron chi connectivity index (χ2n) is 10.7. The Labute approximate surface area is 270 Å². The third kappa shape index (κ3) is 8.86. The van der Waals surface area contributed by atoms with Crippen LogP contribution in [0.1, 0.15) is 31.4 Å². The van der Waals surface area contributed by atoms with Crippen molar-refractivity contribution in [2.45, 2.75) is 50.2 Å². The zero-order chi connectivity index (χ0) is 32.4. The number of sulfonamides is 1. The molecule has 1 N–H and O–H groups in total. The number of amides is 2. The topological polar surface area (TPSA) is 96.0 Å². The summed E-state index contributed by atoms with van der Waals surface area (Å²) in [6, 6.07) is 29.8. The van der Waals surface area contributed by atoms with Crippen LogP contribution in [0.2, 0.25) is 5.02 Å². The third-order valence-corrected chi connectivity index (χ3v) is 9.49. The van der Waals surface area contributed by atoms with Crippen molar-refractivity contribution < 1.29 is 22.7 Å². The van der Waals surface area contributed by atoms with E-state index in [9.17, 15) is 18.0 Å². The van der Waals surface area contributed by atoms with Crippen LogP contribution in [0.15, 0.2) is 114 Å². The summed E-state index contributed by atoms with van der Waals surface area (Å²) in [6.07, 6.45) is 0.924. The van der Waals surface area contributed by atoms with Gasteiger partial charge in [0, 0.05) is 24.0 Å². The summed E-state index contributed by atoms with van der Waals surface area (Å²) in [5.74, 6) is -0.294. The van der Waals surface area contributed by atoms with Crippen LogP contribution < -0.4 is 14.4 Å². The van der Waals surface area contributed by atoms with Crippen LogP contribution in [-0.2, 0) is 32.6 Å². The molecule has 0 aliphatic heterocycles. The summed E-state index contributed by atoms with van der Waals surface area (Å²) in [6.45, 7) is 3.34. The Bertz CT molecular complexity index is 1690. The van der Waals surface area contributed by atoms with E-state index in [1.54, 1.807) is 61.7 Å². The molecule has 236 valence electrons. The number of nitrogens with one attached hydrogen (secondary N) is 1. The number of hydrogen-bond donors (Lipinski definition) is 1. The number of nitrogens with zero attached hydrogens (tertiary/aromatic N) is 2. The Morgan fingerprint density at radius 3 is 2.16 bits per heavy atom. The predicted molar refractivity (Wildman–Crippen MR) is 178 cm³/mol. The standard InChI is InChI=1S/C35H38ClN3O5S/c1-4-26(2)37-35(41)33(22-27-13-7-5-8-14-27)38(24-28-15-11-18-31(21-28)44-3)34(40)25-39(30-17-12-16-29(36)23-30)45(42,43)32-19-9-6-10-20-32/h5-21,23,26,33H,4,22,24-25H2,1-3H3,(H,37,41). The van der Waals surface area contributed by atoms with Crippen molar-refractivity contribution in [2.24, 2.45) is 0 Å². The van der Waals surface area contributed by atoms with Gasteiger partial charge >= 0.3 is 0 Å². The second-order valence-corrected chi connectivity index (χ2v) is 13.0. The Kier molecular flexibility index (Phi) is 11.6. The highest BCUT2D eigenvalue weighted by atomic mass is 35.5. The van der Waals surface area contributed by atoms with Gasteiger partial charge in [0.2, 0.25) is 11.8 Å². The van der Waals surface area contributed by atoms with Crippen LogP contribution >= 0.6 is 11.6 Å². The minimum absolute atomic E-state index is 0.0208. The first-order valence-corrected chi connectivity index (χ1v) is 16.5. The van der Waals surface area contributed by atoms with Gasteiger partial charge in [-0.2, -0.15) is 0 Å². The average Bonchev–Trinajstić information content (AvgIpc) is 3.05. The molecule has 10 heteroatoms. The number of halogens is 1. The number of carbonyl (C=O) groups is 2. The first-order valence-electron chi connectivity index (χ1n) is 14.7. The summed E-state index contributed by atoms with van der Waals surface area (Å²) in [5.41, 5.74) is 1.80. The molecule has 0 aromatic heterocycles. The largest absolute Gasteiger partial charge is 0.497 e. The van der Waals surface area contributed by atoms with Gasteiger partial charge in [0.15, 0.2) is 0 Å². The summed E-state index contributed by atoms with van der Waals surface area (Å²) < 4.78 is 34.5. The van der Waals surface area contributed by atoms with E-state index in [0.29, 0.717) is 17.2 Å². The summed E-state index contributed by atoms with van der Waals surface area (Å²) >= 11 is 6.28. The van der Waals surface area contributed by atoms with Gasteiger partial charge in [-0.25, -0.2) is 8.42 Å². The molecule has 2 atom stereocenters. The normalized spacial score (nSPS) is 12.5. The Morgan fingerprint density at radius 2 is 1.51 bits per heavy atom. The fourth-order valence-corrected chi connectivity index (χ4v) is 6.45. The lowest BCUT2D eigenvalue weighted by molar-refractivity contribution is -0.140. The van der Waals surface area contributed by atoms with Gasteiger partial charge in [-0.3, -0.25) is 13.9 Å². The van der Waals surface area contributed by atoms with Crippen molar-refractivity contribution in [2.75, 3.05) is 18.0 Å². The van der Waals surface area contributed by atoms with E-state index in [1.165, 1.54) is 23.1 Å². The van der Waals surface area contributed by atoms with Crippen LogP contribution in [-0.4, -0.2) is 50.9 Å². The van der Waals surface area contributed by atoms with Gasteiger partial charge in [0.05, 0.1) is 17.7 Å². The van der Waals surface area contributed by atoms with Gasteiger partial charge in [-0.15, -0.1) is 0 Å². The van der Waals surface area contributed by atoms with E-state index in [2.05, 4.69) is 5.32 Å². The van der Waals surface area contributed by atoms with Crippen molar-refractivity contribution in [1.29, 1.82) is 0 Å². The maximum absolute atomic E-state index is 14.5. The van der Waals surface area contributed by atoms with E-state index >= 15 is 0 Å². The van der Waals surface area contributed by atoms with E-state index in [1.807, 2.05) is 50.2 Å². The molecule has 0 aliphatic carbocycles. The molecule has 0 bridgehead atoms. The van der Waals surface area contributed by atoms with Crippen molar-refractivity contribution in [3.8, 4) is 5.75 Å². The van der Waals surface area contributed by atoms with Gasteiger partial charge < -0.3 is 15.0 Å². The van der Waals surface area contributed by atoms with Crippen molar-refractivity contribution in [1.82, 2.24) is 10.2 Å².